The molecule has 0 heterocycles. The Balaban J connectivity index is 2.33. The number of rotatable bonds is 14. The lowest BCUT2D eigenvalue weighted by molar-refractivity contribution is 0.0493. The SMILES string of the molecule is CCO[Si](CCCCCOC(=O)c1cccc(OC)c1)(OCC)OCC. The number of hydrogen-bond donors (Lipinski definition) is 0. The smallest absolute Gasteiger partial charge is 0.497 e. The molecule has 26 heavy (non-hydrogen) atoms. The van der Waals surface area contributed by atoms with Gasteiger partial charge in [-0.3, -0.25) is 0 Å². The summed E-state index contributed by atoms with van der Waals surface area (Å²) in [6.45, 7) is 8.02. The zero-order valence-electron chi connectivity index (χ0n) is 16.4. The minimum Gasteiger partial charge on any atom is -0.497 e. The van der Waals surface area contributed by atoms with E-state index in [0.29, 0.717) is 37.7 Å². The fraction of sp³-hybridized carbons (Fsp3) is 0.632. The summed E-state index contributed by atoms with van der Waals surface area (Å²) in [6, 6.07) is 7.74. The molecule has 1 aromatic rings. The van der Waals surface area contributed by atoms with Gasteiger partial charge in [-0.15, -0.1) is 0 Å². The molecule has 1 rings (SSSR count). The second-order valence-electron chi connectivity index (χ2n) is 5.66. The Hall–Kier alpha value is -1.41. The highest BCUT2D eigenvalue weighted by molar-refractivity contribution is 6.60. The van der Waals surface area contributed by atoms with Crippen molar-refractivity contribution in [2.24, 2.45) is 0 Å². The van der Waals surface area contributed by atoms with Crippen molar-refractivity contribution in [3.05, 3.63) is 29.8 Å². The summed E-state index contributed by atoms with van der Waals surface area (Å²) >= 11 is 0. The molecule has 0 spiro atoms. The van der Waals surface area contributed by atoms with Crippen LogP contribution in [0.15, 0.2) is 24.3 Å². The van der Waals surface area contributed by atoms with Gasteiger partial charge in [0.1, 0.15) is 5.75 Å². The Morgan fingerprint density at radius 1 is 0.962 bits per heavy atom. The molecular weight excluding hydrogens is 352 g/mol. The molecule has 0 saturated heterocycles. The summed E-state index contributed by atoms with van der Waals surface area (Å²) in [5.74, 6) is 0.314. The van der Waals surface area contributed by atoms with E-state index in [2.05, 4.69) is 0 Å². The van der Waals surface area contributed by atoms with Gasteiger partial charge in [0.15, 0.2) is 0 Å². The van der Waals surface area contributed by atoms with Gasteiger partial charge in [-0.2, -0.15) is 0 Å². The number of methoxy groups -OCH3 is 1. The van der Waals surface area contributed by atoms with Crippen molar-refractivity contribution < 1.29 is 27.5 Å². The zero-order chi connectivity index (χ0) is 19.3. The lowest BCUT2D eigenvalue weighted by Crippen LogP contribution is -2.45. The van der Waals surface area contributed by atoms with Crippen molar-refractivity contribution in [1.82, 2.24) is 0 Å². The van der Waals surface area contributed by atoms with Gasteiger partial charge in [0.05, 0.1) is 19.3 Å². The molecule has 0 aliphatic rings. The van der Waals surface area contributed by atoms with Gasteiger partial charge in [0.25, 0.3) is 0 Å². The van der Waals surface area contributed by atoms with E-state index in [1.807, 2.05) is 20.8 Å². The molecule has 6 nitrogen and oxygen atoms in total. The normalized spacial score (nSPS) is 11.4. The second kappa shape index (κ2) is 12.9. The summed E-state index contributed by atoms with van der Waals surface area (Å²) in [5.41, 5.74) is 0.500. The average Bonchev–Trinajstić information content (AvgIpc) is 2.65. The van der Waals surface area contributed by atoms with Crippen molar-refractivity contribution in [3.63, 3.8) is 0 Å². The van der Waals surface area contributed by atoms with E-state index >= 15 is 0 Å². The molecule has 0 aromatic heterocycles. The highest BCUT2D eigenvalue weighted by atomic mass is 28.4. The molecule has 0 aliphatic carbocycles. The van der Waals surface area contributed by atoms with E-state index in [1.54, 1.807) is 31.4 Å². The first-order valence-corrected chi connectivity index (χ1v) is 11.3. The Morgan fingerprint density at radius 3 is 2.19 bits per heavy atom. The van der Waals surface area contributed by atoms with Crippen LogP contribution in [-0.2, 0) is 18.0 Å². The largest absolute Gasteiger partial charge is 0.500 e. The maximum Gasteiger partial charge on any atom is 0.500 e. The highest BCUT2D eigenvalue weighted by Crippen LogP contribution is 2.20. The van der Waals surface area contributed by atoms with Gasteiger partial charge in [0.2, 0.25) is 0 Å². The summed E-state index contributed by atoms with van der Waals surface area (Å²) in [6.07, 6.45) is 2.64. The third-order valence-corrected chi connectivity index (χ3v) is 6.91. The average molecular weight is 385 g/mol. The summed E-state index contributed by atoms with van der Waals surface area (Å²) in [4.78, 5) is 12.0. The monoisotopic (exact) mass is 384 g/mol. The third-order valence-electron chi connectivity index (χ3n) is 3.76. The van der Waals surface area contributed by atoms with E-state index in [-0.39, 0.29) is 5.97 Å². The van der Waals surface area contributed by atoms with E-state index in [1.165, 1.54) is 0 Å². The van der Waals surface area contributed by atoms with E-state index in [4.69, 9.17) is 22.8 Å². The minimum absolute atomic E-state index is 0.328. The number of esters is 1. The van der Waals surface area contributed by atoms with Crippen LogP contribution in [0.3, 0.4) is 0 Å². The van der Waals surface area contributed by atoms with Crippen molar-refractivity contribution in [2.75, 3.05) is 33.5 Å². The highest BCUT2D eigenvalue weighted by Gasteiger charge is 2.39. The molecule has 0 radical (unpaired) electrons. The number of carbonyl (C=O) groups is 1. The van der Waals surface area contributed by atoms with Crippen LogP contribution in [-0.4, -0.2) is 48.3 Å². The first kappa shape index (κ1) is 22.6. The molecule has 0 saturated carbocycles. The first-order valence-electron chi connectivity index (χ1n) is 9.33. The lowest BCUT2D eigenvalue weighted by atomic mass is 10.2. The van der Waals surface area contributed by atoms with Crippen molar-refractivity contribution in [1.29, 1.82) is 0 Å². The van der Waals surface area contributed by atoms with Gasteiger partial charge in [-0.05, 0) is 51.8 Å². The Morgan fingerprint density at radius 2 is 1.62 bits per heavy atom. The van der Waals surface area contributed by atoms with E-state index < -0.39 is 8.80 Å². The molecule has 0 aliphatic heterocycles. The fourth-order valence-corrected chi connectivity index (χ4v) is 5.31. The first-order chi connectivity index (χ1) is 12.6. The van der Waals surface area contributed by atoms with Crippen LogP contribution in [0.2, 0.25) is 6.04 Å². The summed E-state index contributed by atoms with van der Waals surface area (Å²) in [5, 5.41) is 0. The predicted octanol–water partition coefficient (Wildman–Crippen LogP) is 4.07. The molecule has 1 aromatic carbocycles. The predicted molar refractivity (Wildman–Crippen MR) is 103 cm³/mol. The van der Waals surface area contributed by atoms with Gasteiger partial charge >= 0.3 is 14.8 Å². The standard InChI is InChI=1S/C19H32O6Si/c1-5-23-26(24-6-2,25-7-3)15-10-8-9-14-22-19(20)17-12-11-13-18(16-17)21-4/h11-13,16H,5-10,14-15H2,1-4H3. The molecule has 0 atom stereocenters. The van der Waals surface area contributed by atoms with E-state index in [9.17, 15) is 4.79 Å². The second-order valence-corrected chi connectivity index (χ2v) is 8.39. The van der Waals surface area contributed by atoms with Crippen LogP contribution in [0.25, 0.3) is 0 Å². The topological polar surface area (TPSA) is 63.2 Å². The number of unbranched alkanes of at least 4 members (excludes halogenated alkanes) is 2. The zero-order valence-corrected chi connectivity index (χ0v) is 17.4. The van der Waals surface area contributed by atoms with Crippen molar-refractivity contribution >= 4 is 14.8 Å². The number of carbonyl (C=O) groups excluding carboxylic acids is 1. The minimum atomic E-state index is -2.56. The van der Waals surface area contributed by atoms with Crippen LogP contribution < -0.4 is 4.74 Å². The van der Waals surface area contributed by atoms with Gasteiger partial charge < -0.3 is 22.8 Å². The van der Waals surface area contributed by atoms with Crippen molar-refractivity contribution in [2.45, 2.75) is 46.1 Å². The van der Waals surface area contributed by atoms with Crippen molar-refractivity contribution in [3.8, 4) is 5.75 Å². The third kappa shape index (κ3) is 7.86. The number of benzene rings is 1. The number of hydrogen-bond acceptors (Lipinski definition) is 6. The van der Waals surface area contributed by atoms with Gasteiger partial charge in [-0.25, -0.2) is 4.79 Å². The lowest BCUT2D eigenvalue weighted by Gasteiger charge is -2.28. The molecule has 0 N–H and O–H groups in total. The van der Waals surface area contributed by atoms with Crippen LogP contribution in [0.1, 0.15) is 50.4 Å². The maximum atomic E-state index is 12.0. The quantitative estimate of drug-likeness (QED) is 0.274. The molecule has 148 valence electrons. The maximum absolute atomic E-state index is 12.0. The Labute approximate surface area is 158 Å². The van der Waals surface area contributed by atoms with Gasteiger partial charge in [-0.1, -0.05) is 12.5 Å². The molecule has 0 amide bonds. The van der Waals surface area contributed by atoms with Crippen LogP contribution >= 0.6 is 0 Å². The Bertz CT molecular complexity index is 505. The summed E-state index contributed by atoms with van der Waals surface area (Å²) in [7, 11) is -0.992. The van der Waals surface area contributed by atoms with Crippen LogP contribution in [0.4, 0.5) is 0 Å². The van der Waals surface area contributed by atoms with Crippen LogP contribution in [0, 0.1) is 0 Å². The molecule has 7 heteroatoms. The van der Waals surface area contributed by atoms with Crippen LogP contribution in [0.5, 0.6) is 5.75 Å². The molecule has 0 unspecified atom stereocenters. The molecule has 0 fully saturated rings. The fourth-order valence-electron chi connectivity index (χ4n) is 2.62. The summed E-state index contributed by atoms with van der Waals surface area (Å²) < 4.78 is 27.9. The van der Waals surface area contributed by atoms with E-state index in [0.717, 1.165) is 25.3 Å². The molecular formula is C19H32O6Si. The van der Waals surface area contributed by atoms with Gasteiger partial charge in [0, 0.05) is 25.9 Å². The number of ether oxygens (including phenoxy) is 2. The Kier molecular flexibility index (Phi) is 11.2. The molecule has 0 bridgehead atoms.